The Labute approximate surface area is 822 Å². The van der Waals surface area contributed by atoms with Crippen molar-refractivity contribution in [3.8, 4) is 22.5 Å². The molecule has 45 heteroatoms. The SMILES string of the molecule is CCC[CH2][Sn]([CH2]CCC)([CH2]CCC)[c]1ccccn1.CCOC(=O)C(Cc1ccc(-c2ccccn2)cc1)(OC[C@H]1O[C@@H](n2cnc3c(N)nc(Cl)nc32)[C@@H](F)[C@@H]1O)C(C)=O.CCOC(=O)C(Cc1ccc(I)cc1)(OC[C@H]1O[C@@H](n2cnc3c(N)nc(Cl)nc32)[C@@H](F)[C@@H]1O)C(C)=O.Nc1nc(Cl)nc2c1ncn2[C@@H]1O[C@H](COC(Cc2ccc(-c3ccccn3)cc2)(C(=O)O)C(=O)O)[C@@H](O)[C@@H]1F. The summed E-state index contributed by atoms with van der Waals surface area (Å²) in [6.07, 6.45) is -2.79. The molecular formula is C93H105Cl3F3IN18O19Sn. The summed E-state index contributed by atoms with van der Waals surface area (Å²) in [5.41, 5.74) is 15.9. The Morgan fingerprint density at radius 2 is 0.754 bits per heavy atom. The number of carboxylic acids is 2. The van der Waals surface area contributed by atoms with E-state index in [2.05, 4.69) is 116 Å². The number of ether oxygens (including phenoxy) is 8. The molecule has 3 aromatic carbocycles. The first-order valence-corrected chi connectivity index (χ1v) is 54.1. The molecule has 0 spiro atoms. The summed E-state index contributed by atoms with van der Waals surface area (Å²) in [6.45, 7) is 10.9. The van der Waals surface area contributed by atoms with Gasteiger partial charge in [0.05, 0.1) is 63.4 Å². The third-order valence-corrected chi connectivity index (χ3v) is 40.2. The number of hydrogen-bond acceptors (Lipinski definition) is 32. The molecule has 14 atom stereocenters. The van der Waals surface area contributed by atoms with Crippen LogP contribution in [0.2, 0.25) is 29.2 Å². The van der Waals surface area contributed by atoms with Crippen LogP contribution in [0.4, 0.5) is 30.6 Å². The fourth-order valence-electron chi connectivity index (χ4n) is 16.3. The minimum Gasteiger partial charge on any atom is -0.479 e. The largest absolute Gasteiger partial charge is 0.479 e. The van der Waals surface area contributed by atoms with Gasteiger partial charge in [0.25, 0.3) is 5.60 Å². The van der Waals surface area contributed by atoms with Crippen LogP contribution in [0.25, 0.3) is 56.0 Å². The number of aliphatic hydroxyl groups excluding tert-OH is 3. The zero-order valence-electron chi connectivity index (χ0n) is 76.1. The van der Waals surface area contributed by atoms with Crippen molar-refractivity contribution < 1.29 is 105 Å². The molecule has 0 amide bonds. The van der Waals surface area contributed by atoms with Crippen LogP contribution < -0.4 is 20.9 Å². The van der Waals surface area contributed by atoms with E-state index in [1.807, 2.05) is 54.7 Å². The molecular weight excluding hydrogens is 2080 g/mol. The van der Waals surface area contributed by atoms with Gasteiger partial charge in [-0.2, -0.15) is 29.9 Å². The van der Waals surface area contributed by atoms with E-state index >= 15 is 13.2 Å². The fraction of sp³-hybridized carbons (Fsp3) is 0.419. The van der Waals surface area contributed by atoms with Crippen LogP contribution in [0.5, 0.6) is 0 Å². The molecule has 11 N–H and O–H groups in total. The van der Waals surface area contributed by atoms with Crippen molar-refractivity contribution in [3.05, 3.63) is 201 Å². The van der Waals surface area contributed by atoms with E-state index in [-0.39, 0.29) is 92.9 Å². The van der Waals surface area contributed by atoms with Crippen LogP contribution in [0.1, 0.15) is 122 Å². The van der Waals surface area contributed by atoms with E-state index in [1.54, 1.807) is 90.6 Å². The van der Waals surface area contributed by atoms with E-state index in [9.17, 15) is 54.3 Å². The summed E-state index contributed by atoms with van der Waals surface area (Å²) >= 11 is 17.6. The number of rotatable bonds is 38. The second-order valence-corrected chi connectivity index (χ2v) is 48.3. The molecule has 0 aliphatic carbocycles. The van der Waals surface area contributed by atoms with E-state index in [0.29, 0.717) is 22.4 Å². The smallest absolute Gasteiger partial charge is 0.348 e. The van der Waals surface area contributed by atoms with Crippen molar-refractivity contribution in [3.63, 3.8) is 0 Å². The molecule has 37 nitrogen and oxygen atoms in total. The molecule has 3 aliphatic heterocycles. The molecule has 0 saturated carbocycles. The number of imidazole rings is 3. The molecule has 12 heterocycles. The van der Waals surface area contributed by atoms with Crippen molar-refractivity contribution in [2.24, 2.45) is 0 Å². The normalized spacial score (nSPS) is 20.6. The first-order chi connectivity index (χ1) is 66.1. The molecule has 12 aromatic rings. The van der Waals surface area contributed by atoms with Gasteiger partial charge in [-0.25, -0.2) is 47.3 Å². The maximum atomic E-state index is 15.4. The van der Waals surface area contributed by atoms with Crippen molar-refractivity contribution in [2.75, 3.05) is 50.2 Å². The summed E-state index contributed by atoms with van der Waals surface area (Å²) in [5.74, 6) is -6.65. The van der Waals surface area contributed by atoms with E-state index in [4.69, 9.17) is 94.9 Å². The molecule has 2 unspecified atom stereocenters. The second-order valence-electron chi connectivity index (χ2n) is 33.0. The number of alkyl halides is 3. The Bertz CT molecular complexity index is 6140. The number of ketones is 2. The number of pyridine rings is 3. The van der Waals surface area contributed by atoms with Gasteiger partial charge in [-0.05, 0) is 138 Å². The van der Waals surface area contributed by atoms with Gasteiger partial charge in [-0.15, -0.1) is 0 Å². The summed E-state index contributed by atoms with van der Waals surface area (Å²) < 4.78 is 101. The number of aromatic nitrogens is 15. The number of nitrogens with zero attached hydrogens (tertiary/aromatic N) is 15. The maximum absolute atomic E-state index is 15.4. The van der Waals surface area contributed by atoms with Crippen LogP contribution in [-0.4, -0.2) is 258 Å². The van der Waals surface area contributed by atoms with Gasteiger partial charge < -0.3 is 80.6 Å². The number of benzene rings is 3. The fourth-order valence-corrected chi connectivity index (χ4v) is 32.6. The first kappa shape index (κ1) is 106. The monoisotopic (exact) mass is 2190 g/mol. The number of aliphatic hydroxyl groups is 3. The van der Waals surface area contributed by atoms with Gasteiger partial charge in [0.15, 0.2) is 83.2 Å². The van der Waals surface area contributed by atoms with Gasteiger partial charge in [-0.1, -0.05) is 72.8 Å². The number of carbonyl (C=O) groups excluding carboxylic acids is 4. The number of fused-ring (bicyclic) bond motifs is 3. The molecule has 0 bridgehead atoms. The third-order valence-electron chi connectivity index (χ3n) is 23.8. The third kappa shape index (κ3) is 24.3. The van der Waals surface area contributed by atoms with Crippen LogP contribution in [0, 0.1) is 3.57 Å². The number of halogens is 7. The minimum absolute atomic E-state index is 0.00105. The number of esters is 2. The van der Waals surface area contributed by atoms with Crippen molar-refractivity contribution >= 4 is 166 Å². The average Bonchev–Trinajstić information content (AvgIpc) is 1.21. The van der Waals surface area contributed by atoms with Crippen LogP contribution in [0.3, 0.4) is 0 Å². The number of nitrogen functional groups attached to an aromatic ring is 3. The number of nitrogens with two attached hydrogens (primary N) is 3. The number of carbonyl (C=O) groups is 6. The standard InChI is InChI=1S/C28H28ClFN6O6.C25H22ClFN6O7.C23H24ClFIN5O6.C5H4N.3C4H9.Sn/c1-3-40-26(39)28(15(2)37,12-16-7-9-17(10-8-16)18-6-4-5-11-32-18)41-13-19-22(38)20(30)25(42-19)36-14-33-21-23(31)34-27(29)35-24(21)36;26-24-31-19(28)17-20(32-24)33(11-30-17)21-16(27)18(34)15(40-21)10-39-25(22(35)36,23(37)38)9-12-4-6-13(7-5-12)14-3-1-2-8-29-14;1-3-35-21(34)23(11(2)32,8-12-4-6-13(26)7-5-12)36-9-14-17(33)15(25)20(37-14)31-10-28-16-18(27)29-22(24)30-19(16)31;1-2-4-6-5-3-1;3*1-3-4-2;/h4-11,14,19-20,22,25,38H,3,12-13H2,1-2H3,(H2,31,34,35);1-8,11,15-16,18,21,34H,9-10H2,(H,35,36)(H,37,38)(H2,28,31,32);4-7,10,14-15,17,20,33H,3,8-9H2,1-2H3,(H2,27,29,30);1-4H;3*1,3-4H2,2H3;/t19-,20+,22-,25-,28?;15-,16+,18-,21-;14-,15+,17-,20-,23?;;;;;/m111...../s1. The quantitative estimate of drug-likeness (QED) is 0.00586. The average molecular weight is 2190 g/mol. The van der Waals surface area contributed by atoms with E-state index in [1.165, 1.54) is 93.8 Å². The summed E-state index contributed by atoms with van der Waals surface area (Å²) in [4.78, 5) is 126. The first-order valence-electron chi connectivity index (χ1n) is 44.4. The van der Waals surface area contributed by atoms with Gasteiger partial charge in [0.1, 0.15) is 53.2 Å². The number of aliphatic carboxylic acids is 2. The molecule has 3 fully saturated rings. The van der Waals surface area contributed by atoms with Gasteiger partial charge in [-0.3, -0.25) is 33.3 Å². The Kier molecular flexibility index (Phi) is 36.8. The predicted octanol–water partition coefficient (Wildman–Crippen LogP) is 12.3. The van der Waals surface area contributed by atoms with Crippen LogP contribution in [-0.2, 0) is 85.9 Å². The molecule has 3 saturated heterocycles. The summed E-state index contributed by atoms with van der Waals surface area (Å²) in [7, 11) is 0. The predicted molar refractivity (Wildman–Crippen MR) is 513 cm³/mol. The van der Waals surface area contributed by atoms with Crippen LogP contribution in [0.15, 0.2) is 165 Å². The van der Waals surface area contributed by atoms with Crippen LogP contribution >= 0.6 is 57.4 Å². The number of hydrogen-bond donors (Lipinski definition) is 8. The molecule has 3 aliphatic rings. The van der Waals surface area contributed by atoms with Gasteiger partial charge >= 0.3 is 148 Å². The van der Waals surface area contributed by atoms with Crippen molar-refractivity contribution in [2.45, 2.75) is 210 Å². The molecule has 15 rings (SSSR count). The molecule has 0 radical (unpaired) electrons. The minimum atomic E-state index is -2.75. The molecule has 138 heavy (non-hydrogen) atoms. The number of unbranched alkanes of at least 4 members (excludes halogenated alkanes) is 3. The number of anilines is 3. The molecule has 734 valence electrons. The topological polar surface area (TPSA) is 525 Å². The number of Topliss-reactive ketones (excluding diaryl/α,β-unsaturated/α-hetero) is 2. The summed E-state index contributed by atoms with van der Waals surface area (Å²) in [6, 6.07) is 38.3. The number of carboxylic acid groups (broad SMARTS) is 2. The van der Waals surface area contributed by atoms with E-state index in [0.717, 1.165) is 25.0 Å². The van der Waals surface area contributed by atoms with Crippen molar-refractivity contribution in [1.82, 2.24) is 73.5 Å². The zero-order chi connectivity index (χ0) is 99.5. The van der Waals surface area contributed by atoms with E-state index < -0.39 is 171 Å². The van der Waals surface area contributed by atoms with Gasteiger partial charge in [0.2, 0.25) is 27.1 Å². The Morgan fingerprint density at radius 3 is 1.04 bits per heavy atom. The Morgan fingerprint density at radius 1 is 0.442 bits per heavy atom. The maximum Gasteiger partial charge on any atom is 0.348 e. The Balaban J connectivity index is 0.000000170. The second kappa shape index (κ2) is 47.9. The van der Waals surface area contributed by atoms with Crippen molar-refractivity contribution in [1.29, 1.82) is 0 Å². The zero-order valence-corrected chi connectivity index (χ0v) is 83.4. The summed E-state index contributed by atoms with van der Waals surface area (Å²) in [5, 5.41) is 51.1. The Hall–Kier alpha value is -10.8. The molecule has 9 aromatic heterocycles. The van der Waals surface area contributed by atoms with Gasteiger partial charge in [0, 0.05) is 46.4 Å².